The molecule has 0 aliphatic rings. The number of carbonyl (C=O) groups excluding carboxylic acids is 3. The molecule has 0 aliphatic carbocycles. The summed E-state index contributed by atoms with van der Waals surface area (Å²) in [5.74, 6) is -0.883. The van der Waals surface area contributed by atoms with E-state index < -0.39 is 6.10 Å². The quantitative estimate of drug-likeness (QED) is 0.0261. The molecule has 0 heterocycles. The third-order valence-corrected chi connectivity index (χ3v) is 12.6. The topological polar surface area (TPSA) is 78.9 Å². The number of rotatable bonds is 53. The molecule has 0 bridgehead atoms. The maximum Gasteiger partial charge on any atom is 0.306 e. The van der Waals surface area contributed by atoms with Crippen LogP contribution in [-0.2, 0) is 28.6 Å². The van der Waals surface area contributed by atoms with Crippen LogP contribution in [-0.4, -0.2) is 37.2 Å². The van der Waals surface area contributed by atoms with Crippen LogP contribution in [0.25, 0.3) is 0 Å². The molecule has 0 fully saturated rings. The summed E-state index contributed by atoms with van der Waals surface area (Å²) in [5.41, 5.74) is 0. The number of unbranched alkanes of at least 4 members (excludes halogenated alkanes) is 26. The van der Waals surface area contributed by atoms with Crippen molar-refractivity contribution in [3.63, 3.8) is 0 Å². The number of hydrogen-bond donors (Lipinski definition) is 0. The van der Waals surface area contributed by atoms with Gasteiger partial charge in [-0.1, -0.05) is 272 Å². The molecule has 0 amide bonds. The Morgan fingerprint density at radius 1 is 0.296 bits per heavy atom. The van der Waals surface area contributed by atoms with E-state index in [1.165, 1.54) is 122 Å². The molecule has 0 aliphatic heterocycles. The van der Waals surface area contributed by atoms with Gasteiger partial charge in [0, 0.05) is 19.3 Å². The van der Waals surface area contributed by atoms with E-state index in [0.29, 0.717) is 19.3 Å². The lowest BCUT2D eigenvalue weighted by Gasteiger charge is -2.18. The van der Waals surface area contributed by atoms with Gasteiger partial charge in [0.1, 0.15) is 13.2 Å². The van der Waals surface area contributed by atoms with Gasteiger partial charge in [-0.05, 0) is 83.5 Å². The van der Waals surface area contributed by atoms with Gasteiger partial charge >= 0.3 is 17.9 Å². The smallest absolute Gasteiger partial charge is 0.306 e. The first kappa shape index (κ1) is 67.3. The van der Waals surface area contributed by atoms with E-state index in [0.717, 1.165) is 116 Å². The van der Waals surface area contributed by atoms with Crippen molar-refractivity contribution in [2.45, 2.75) is 284 Å². The fourth-order valence-electron chi connectivity index (χ4n) is 8.16. The molecule has 0 saturated heterocycles. The molecule has 0 aromatic carbocycles. The maximum absolute atomic E-state index is 12.8. The molecule has 1 atom stereocenters. The van der Waals surface area contributed by atoms with Crippen LogP contribution in [0.2, 0.25) is 0 Å². The summed E-state index contributed by atoms with van der Waals surface area (Å²) in [6.07, 6.45) is 78.5. The van der Waals surface area contributed by atoms with Crippen LogP contribution in [0.4, 0.5) is 0 Å². The van der Waals surface area contributed by atoms with Crippen molar-refractivity contribution in [2.75, 3.05) is 13.2 Å². The van der Waals surface area contributed by atoms with Crippen molar-refractivity contribution in [2.24, 2.45) is 0 Å². The molecular formula is C65H110O6. The number of esters is 3. The predicted octanol–water partition coefficient (Wildman–Crippen LogP) is 20.1. The summed E-state index contributed by atoms with van der Waals surface area (Å²) >= 11 is 0. The van der Waals surface area contributed by atoms with Gasteiger partial charge < -0.3 is 14.2 Å². The van der Waals surface area contributed by atoms with Gasteiger partial charge in [0.2, 0.25) is 0 Å². The van der Waals surface area contributed by atoms with Crippen molar-refractivity contribution >= 4 is 17.9 Å². The largest absolute Gasteiger partial charge is 0.462 e. The second kappa shape index (κ2) is 58.9. The molecule has 0 N–H and O–H groups in total. The third-order valence-electron chi connectivity index (χ3n) is 12.6. The minimum atomic E-state index is -0.775. The number of allylic oxidation sites excluding steroid dienone is 16. The lowest BCUT2D eigenvalue weighted by Crippen LogP contribution is -2.30. The number of hydrogen-bond acceptors (Lipinski definition) is 6. The van der Waals surface area contributed by atoms with Gasteiger partial charge in [0.05, 0.1) is 0 Å². The van der Waals surface area contributed by atoms with Crippen molar-refractivity contribution in [3.8, 4) is 0 Å². The third kappa shape index (κ3) is 57.1. The molecule has 0 aromatic rings. The van der Waals surface area contributed by atoms with Crippen LogP contribution in [0.3, 0.4) is 0 Å². The van der Waals surface area contributed by atoms with E-state index in [-0.39, 0.29) is 31.1 Å². The summed E-state index contributed by atoms with van der Waals surface area (Å²) in [6.45, 7) is 6.50. The molecule has 0 radical (unpaired) electrons. The Hall–Kier alpha value is -3.67. The lowest BCUT2D eigenvalue weighted by molar-refractivity contribution is -0.167. The van der Waals surface area contributed by atoms with Crippen molar-refractivity contribution in [1.82, 2.24) is 0 Å². The van der Waals surface area contributed by atoms with Crippen LogP contribution < -0.4 is 0 Å². The zero-order chi connectivity index (χ0) is 51.4. The first-order chi connectivity index (χ1) is 35.0. The second-order valence-corrected chi connectivity index (χ2v) is 19.5. The Bertz CT molecular complexity index is 1410. The van der Waals surface area contributed by atoms with Crippen LogP contribution in [0.15, 0.2) is 97.2 Å². The van der Waals surface area contributed by atoms with E-state index in [1.54, 1.807) is 0 Å². The SMILES string of the molecule is CC/C=C\C/C=C\C/C=C\C/C=C\C/C=C\C/C=C\C/C=C\C/C=C\CCCCCCCCCCC(=O)OCC(COC(=O)CCCCCCCCCCCC)OC(=O)CCCCCCCCCCCC. The van der Waals surface area contributed by atoms with Crippen LogP contribution in [0.1, 0.15) is 278 Å². The number of ether oxygens (including phenoxy) is 3. The van der Waals surface area contributed by atoms with Crippen molar-refractivity contribution < 1.29 is 28.6 Å². The fourth-order valence-corrected chi connectivity index (χ4v) is 8.16. The van der Waals surface area contributed by atoms with E-state index in [1.807, 2.05) is 0 Å². The zero-order valence-corrected chi connectivity index (χ0v) is 46.5. The standard InChI is InChI=1S/C65H110O6/c1-4-7-10-13-16-19-22-23-24-25-26-27-28-29-30-31-32-33-34-35-36-37-38-39-40-41-42-43-44-47-49-52-55-58-64(67)70-61-62(71-65(68)59-56-53-50-46-21-18-15-12-9-6-3)60-69-63(66)57-54-51-48-45-20-17-14-11-8-5-2/h7,10,16,19,23-24,26-27,29-30,32-33,35-36,38-39,62H,4-6,8-9,11-15,17-18,20-22,25,28,31,34,37,40-61H2,1-3H3/b10-7-,19-16-,24-23-,27-26-,30-29-,33-32-,36-35-,39-38-. The molecule has 6 nitrogen and oxygen atoms in total. The Balaban J connectivity index is 4.13. The first-order valence-electron chi connectivity index (χ1n) is 29.7. The molecule has 6 heteroatoms. The molecule has 0 aromatic heterocycles. The minimum absolute atomic E-state index is 0.0758. The monoisotopic (exact) mass is 987 g/mol. The molecule has 0 spiro atoms. The van der Waals surface area contributed by atoms with Gasteiger partial charge in [0.15, 0.2) is 6.10 Å². The predicted molar refractivity (Wildman–Crippen MR) is 307 cm³/mol. The average Bonchev–Trinajstić information content (AvgIpc) is 3.37. The highest BCUT2D eigenvalue weighted by molar-refractivity contribution is 5.71. The Morgan fingerprint density at radius 2 is 0.549 bits per heavy atom. The average molecular weight is 988 g/mol. The van der Waals surface area contributed by atoms with Gasteiger partial charge in [-0.25, -0.2) is 0 Å². The van der Waals surface area contributed by atoms with Gasteiger partial charge in [-0.2, -0.15) is 0 Å². The highest BCUT2D eigenvalue weighted by atomic mass is 16.6. The van der Waals surface area contributed by atoms with Gasteiger partial charge in [-0.3, -0.25) is 14.4 Å². The summed E-state index contributed by atoms with van der Waals surface area (Å²) in [5, 5.41) is 0. The Morgan fingerprint density at radius 3 is 0.859 bits per heavy atom. The molecule has 71 heavy (non-hydrogen) atoms. The van der Waals surface area contributed by atoms with E-state index in [2.05, 4.69) is 118 Å². The summed E-state index contributed by atoms with van der Waals surface area (Å²) in [4.78, 5) is 38.0. The van der Waals surface area contributed by atoms with Gasteiger partial charge in [0.25, 0.3) is 0 Å². The van der Waals surface area contributed by atoms with E-state index in [9.17, 15) is 14.4 Å². The molecule has 0 rings (SSSR count). The van der Waals surface area contributed by atoms with Gasteiger partial charge in [-0.15, -0.1) is 0 Å². The highest BCUT2D eigenvalue weighted by Gasteiger charge is 2.19. The molecular weight excluding hydrogens is 877 g/mol. The summed E-state index contributed by atoms with van der Waals surface area (Å²) in [7, 11) is 0. The normalized spacial score (nSPS) is 12.8. The van der Waals surface area contributed by atoms with Crippen LogP contribution in [0.5, 0.6) is 0 Å². The first-order valence-corrected chi connectivity index (χ1v) is 29.7. The molecule has 0 saturated carbocycles. The van der Waals surface area contributed by atoms with Crippen LogP contribution >= 0.6 is 0 Å². The fraction of sp³-hybridized carbons (Fsp3) is 0.708. The summed E-state index contributed by atoms with van der Waals surface area (Å²) < 4.78 is 16.8. The Labute approximate surface area is 438 Å². The van der Waals surface area contributed by atoms with E-state index >= 15 is 0 Å². The van der Waals surface area contributed by atoms with E-state index in [4.69, 9.17) is 14.2 Å². The molecule has 1 unspecified atom stereocenters. The van der Waals surface area contributed by atoms with Crippen LogP contribution in [0, 0.1) is 0 Å². The molecule has 406 valence electrons. The zero-order valence-electron chi connectivity index (χ0n) is 46.5. The second-order valence-electron chi connectivity index (χ2n) is 19.5. The highest BCUT2D eigenvalue weighted by Crippen LogP contribution is 2.15. The summed E-state index contributed by atoms with van der Waals surface area (Å²) in [6, 6.07) is 0. The maximum atomic E-state index is 12.8. The number of carbonyl (C=O) groups is 3. The van der Waals surface area contributed by atoms with Crippen molar-refractivity contribution in [1.29, 1.82) is 0 Å². The lowest BCUT2D eigenvalue weighted by atomic mass is 10.1. The Kier molecular flexibility index (Phi) is 55.9. The van der Waals surface area contributed by atoms with Crippen molar-refractivity contribution in [3.05, 3.63) is 97.2 Å². The minimum Gasteiger partial charge on any atom is -0.462 e.